The number of rotatable bonds is 3. The van der Waals surface area contributed by atoms with Gasteiger partial charge in [-0.2, -0.15) is 8.42 Å². The van der Waals surface area contributed by atoms with Gasteiger partial charge in [-0.1, -0.05) is 36.0 Å². The van der Waals surface area contributed by atoms with Crippen LogP contribution in [-0.4, -0.2) is 43.2 Å². The number of hydrogen-bond donors (Lipinski definition) is 1. The smallest absolute Gasteiger partial charge is 0.326 e. The second kappa shape index (κ2) is 6.46. The zero-order valence-electron chi connectivity index (χ0n) is 12.9. The average molecular weight is 364 g/mol. The Morgan fingerprint density at radius 1 is 1.08 bits per heavy atom. The van der Waals surface area contributed by atoms with Gasteiger partial charge in [0.25, 0.3) is 10.1 Å². The van der Waals surface area contributed by atoms with Crippen molar-refractivity contribution in [3.8, 4) is 0 Å². The maximum Gasteiger partial charge on any atom is 0.328 e. The van der Waals surface area contributed by atoms with Crippen molar-refractivity contribution in [1.82, 2.24) is 4.90 Å². The minimum absolute atomic E-state index is 0.0916. The molecule has 0 saturated heterocycles. The summed E-state index contributed by atoms with van der Waals surface area (Å²) >= 11 is 1.58. The van der Waals surface area contributed by atoms with E-state index in [4.69, 9.17) is 4.55 Å². The highest BCUT2D eigenvalue weighted by molar-refractivity contribution is 7.99. The Kier molecular flexibility index (Phi) is 4.53. The molecule has 0 unspecified atom stereocenters. The molecule has 0 atom stereocenters. The quantitative estimate of drug-likeness (QED) is 0.846. The molecule has 0 aromatic heterocycles. The molecule has 2 aromatic carbocycles. The molecule has 24 heavy (non-hydrogen) atoms. The van der Waals surface area contributed by atoms with E-state index in [9.17, 15) is 13.2 Å². The third-order valence-corrected chi connectivity index (χ3v) is 5.46. The molecule has 1 aliphatic rings. The number of benzene rings is 2. The van der Waals surface area contributed by atoms with Crippen LogP contribution in [0.5, 0.6) is 0 Å². The standard InChI is InChI=1S/C16H16N2O4S2/c1-17(10-11-24(20,21)22)16(19)18-12-6-2-4-8-14(12)23-15-9-5-3-7-13(15)18/h2-9H,10-11H2,1H3,(H,20,21,22). The summed E-state index contributed by atoms with van der Waals surface area (Å²) in [5.41, 5.74) is 1.51. The maximum atomic E-state index is 12.9. The third-order valence-electron chi connectivity index (χ3n) is 3.63. The minimum atomic E-state index is -4.12. The van der Waals surface area contributed by atoms with Gasteiger partial charge in [0, 0.05) is 23.4 Å². The van der Waals surface area contributed by atoms with E-state index >= 15 is 0 Å². The number of fused-ring (bicyclic) bond motifs is 2. The van der Waals surface area contributed by atoms with Gasteiger partial charge in [0.05, 0.1) is 17.1 Å². The molecule has 3 rings (SSSR count). The summed E-state index contributed by atoms with van der Waals surface area (Å²) in [7, 11) is -2.61. The lowest BCUT2D eigenvalue weighted by molar-refractivity contribution is 0.220. The first-order valence-electron chi connectivity index (χ1n) is 7.23. The number of para-hydroxylation sites is 2. The van der Waals surface area contributed by atoms with Crippen LogP contribution in [0, 0.1) is 0 Å². The summed E-state index contributed by atoms with van der Waals surface area (Å²) in [6, 6.07) is 14.8. The van der Waals surface area contributed by atoms with Crippen LogP contribution in [-0.2, 0) is 10.1 Å². The fourth-order valence-corrected chi connectivity index (χ4v) is 3.99. The van der Waals surface area contributed by atoms with Gasteiger partial charge in [-0.3, -0.25) is 9.45 Å². The van der Waals surface area contributed by atoms with Crippen LogP contribution in [0.25, 0.3) is 0 Å². The second-order valence-electron chi connectivity index (χ2n) is 5.36. The Morgan fingerprint density at radius 3 is 2.08 bits per heavy atom. The number of urea groups is 1. The molecule has 6 nitrogen and oxygen atoms in total. The maximum absolute atomic E-state index is 12.9. The number of hydrogen-bond acceptors (Lipinski definition) is 4. The van der Waals surface area contributed by atoms with Gasteiger partial charge < -0.3 is 4.90 Å². The van der Waals surface area contributed by atoms with Crippen molar-refractivity contribution in [2.24, 2.45) is 0 Å². The van der Waals surface area contributed by atoms with Crippen molar-refractivity contribution in [2.75, 3.05) is 24.2 Å². The summed E-state index contributed by atoms with van der Waals surface area (Å²) in [4.78, 5) is 17.7. The lowest BCUT2D eigenvalue weighted by Gasteiger charge is -2.33. The first kappa shape index (κ1) is 16.8. The highest BCUT2D eigenvalue weighted by atomic mass is 32.2. The van der Waals surface area contributed by atoms with Gasteiger partial charge in [-0.25, -0.2) is 4.79 Å². The van der Waals surface area contributed by atoms with Gasteiger partial charge in [-0.05, 0) is 24.3 Å². The molecule has 1 N–H and O–H groups in total. The normalized spacial score (nSPS) is 13.2. The highest BCUT2D eigenvalue weighted by Gasteiger charge is 2.30. The molecule has 0 spiro atoms. The zero-order valence-corrected chi connectivity index (χ0v) is 14.5. The van der Waals surface area contributed by atoms with Crippen molar-refractivity contribution in [2.45, 2.75) is 9.79 Å². The highest BCUT2D eigenvalue weighted by Crippen LogP contribution is 2.48. The molecule has 0 aliphatic carbocycles. The Morgan fingerprint density at radius 2 is 1.58 bits per heavy atom. The van der Waals surface area contributed by atoms with Crippen LogP contribution in [0.3, 0.4) is 0 Å². The number of nitrogens with zero attached hydrogens (tertiary/aromatic N) is 2. The summed E-state index contributed by atoms with van der Waals surface area (Å²) in [5, 5.41) is 0. The molecule has 0 saturated carbocycles. The Hall–Kier alpha value is -2.03. The lowest BCUT2D eigenvalue weighted by atomic mass is 10.2. The van der Waals surface area contributed by atoms with E-state index in [1.54, 1.807) is 16.7 Å². The molecular formula is C16H16N2O4S2. The predicted octanol–water partition coefficient (Wildman–Crippen LogP) is 3.23. The fourth-order valence-electron chi connectivity index (χ4n) is 2.43. The van der Waals surface area contributed by atoms with Crippen molar-refractivity contribution in [3.05, 3.63) is 48.5 Å². The van der Waals surface area contributed by atoms with Crippen molar-refractivity contribution < 1.29 is 17.8 Å². The van der Waals surface area contributed by atoms with E-state index in [1.165, 1.54) is 11.9 Å². The van der Waals surface area contributed by atoms with E-state index in [0.717, 1.165) is 21.2 Å². The molecule has 8 heteroatoms. The van der Waals surface area contributed by atoms with Crippen LogP contribution in [0.4, 0.5) is 16.2 Å². The van der Waals surface area contributed by atoms with Crippen molar-refractivity contribution in [1.29, 1.82) is 0 Å². The first-order valence-corrected chi connectivity index (χ1v) is 9.66. The van der Waals surface area contributed by atoms with Gasteiger partial charge in [0.1, 0.15) is 0 Å². The van der Waals surface area contributed by atoms with Crippen LogP contribution >= 0.6 is 11.8 Å². The predicted molar refractivity (Wildman–Crippen MR) is 93.6 cm³/mol. The van der Waals surface area contributed by atoms with E-state index in [2.05, 4.69) is 0 Å². The fraction of sp³-hybridized carbons (Fsp3) is 0.188. The van der Waals surface area contributed by atoms with Crippen molar-refractivity contribution >= 4 is 39.3 Å². The Balaban J connectivity index is 1.96. The molecule has 1 aliphatic heterocycles. The Labute approximate surface area is 144 Å². The van der Waals surface area contributed by atoms with Crippen LogP contribution in [0.2, 0.25) is 0 Å². The largest absolute Gasteiger partial charge is 0.328 e. The van der Waals surface area contributed by atoms with Crippen LogP contribution < -0.4 is 4.90 Å². The summed E-state index contributed by atoms with van der Waals surface area (Å²) < 4.78 is 30.8. The average Bonchev–Trinajstić information content (AvgIpc) is 2.56. The van der Waals surface area contributed by atoms with E-state index < -0.39 is 15.9 Å². The first-order chi connectivity index (χ1) is 11.4. The molecule has 0 bridgehead atoms. The van der Waals surface area contributed by atoms with Gasteiger partial charge in [0.15, 0.2) is 0 Å². The monoisotopic (exact) mass is 364 g/mol. The molecule has 2 amide bonds. The lowest BCUT2D eigenvalue weighted by Crippen LogP contribution is -2.41. The summed E-state index contributed by atoms with van der Waals surface area (Å²) in [6.07, 6.45) is 0. The van der Waals surface area contributed by atoms with Gasteiger partial charge in [0.2, 0.25) is 0 Å². The number of amides is 2. The number of carbonyl (C=O) groups is 1. The van der Waals surface area contributed by atoms with Gasteiger partial charge in [-0.15, -0.1) is 0 Å². The molecule has 0 radical (unpaired) electrons. The van der Waals surface area contributed by atoms with Crippen LogP contribution in [0.15, 0.2) is 58.3 Å². The molecule has 2 aromatic rings. The molecule has 1 heterocycles. The minimum Gasteiger partial charge on any atom is -0.326 e. The summed E-state index contributed by atoms with van der Waals surface area (Å²) in [5.74, 6) is -0.499. The van der Waals surface area contributed by atoms with E-state index in [0.29, 0.717) is 0 Å². The molecular weight excluding hydrogens is 348 g/mol. The summed E-state index contributed by atoms with van der Waals surface area (Å²) in [6.45, 7) is -0.0916. The van der Waals surface area contributed by atoms with Gasteiger partial charge >= 0.3 is 6.03 Å². The molecule has 0 fully saturated rings. The van der Waals surface area contributed by atoms with E-state index in [1.807, 2.05) is 48.5 Å². The zero-order chi connectivity index (χ0) is 17.3. The van der Waals surface area contributed by atoms with E-state index in [-0.39, 0.29) is 12.6 Å². The van der Waals surface area contributed by atoms with Crippen LogP contribution in [0.1, 0.15) is 0 Å². The number of anilines is 2. The topological polar surface area (TPSA) is 77.9 Å². The Bertz CT molecular complexity index is 838. The second-order valence-corrected chi connectivity index (χ2v) is 8.02. The molecule has 126 valence electrons. The van der Waals surface area contributed by atoms with Crippen molar-refractivity contribution in [3.63, 3.8) is 0 Å². The third kappa shape index (κ3) is 3.40. The SMILES string of the molecule is CN(CCS(=O)(=O)O)C(=O)N1c2ccccc2Sc2ccccc21. The number of carbonyl (C=O) groups excluding carboxylic acids is 1.